The van der Waals surface area contributed by atoms with Gasteiger partial charge in [0, 0.05) is 12.7 Å². The van der Waals surface area contributed by atoms with Gasteiger partial charge in [-0.2, -0.15) is 13.2 Å². The van der Waals surface area contributed by atoms with Crippen molar-refractivity contribution in [3.05, 3.63) is 83.1 Å². The highest BCUT2D eigenvalue weighted by Gasteiger charge is 2.47. The molecule has 2 heterocycles. The van der Waals surface area contributed by atoms with Crippen LogP contribution in [0.3, 0.4) is 0 Å². The second kappa shape index (κ2) is 8.31. The van der Waals surface area contributed by atoms with Crippen LogP contribution in [0.15, 0.2) is 71.0 Å². The zero-order valence-corrected chi connectivity index (χ0v) is 16.9. The quantitative estimate of drug-likeness (QED) is 0.545. The fourth-order valence-corrected chi connectivity index (χ4v) is 4.12. The number of carbonyl (C=O) groups is 1. The zero-order chi connectivity index (χ0) is 22.9. The van der Waals surface area contributed by atoms with E-state index < -0.39 is 22.9 Å². The van der Waals surface area contributed by atoms with E-state index in [0.29, 0.717) is 29.9 Å². The lowest BCUT2D eigenvalue weighted by Gasteiger charge is -2.42. The van der Waals surface area contributed by atoms with Gasteiger partial charge in [-0.15, -0.1) is 0 Å². The number of aliphatic imine (C=N–C) groups is 1. The second-order valence-electron chi connectivity index (χ2n) is 7.78. The third-order valence-electron chi connectivity index (χ3n) is 5.78. The maximum absolute atomic E-state index is 13.5. The Morgan fingerprint density at radius 1 is 1.22 bits per heavy atom. The van der Waals surface area contributed by atoms with E-state index in [-0.39, 0.29) is 24.5 Å². The van der Waals surface area contributed by atoms with Crippen LogP contribution < -0.4 is 11.1 Å². The second-order valence-corrected chi connectivity index (χ2v) is 7.78. The van der Waals surface area contributed by atoms with Crippen molar-refractivity contribution >= 4 is 17.2 Å². The van der Waals surface area contributed by atoms with E-state index in [2.05, 4.69) is 15.3 Å². The summed E-state index contributed by atoms with van der Waals surface area (Å²) in [4.78, 5) is 22.0. The van der Waals surface area contributed by atoms with E-state index >= 15 is 0 Å². The first-order chi connectivity index (χ1) is 15.2. The summed E-state index contributed by atoms with van der Waals surface area (Å²) in [5.74, 6) is -0.885. The zero-order valence-electron chi connectivity index (χ0n) is 16.9. The molecule has 9 heteroatoms. The predicted molar refractivity (Wildman–Crippen MR) is 112 cm³/mol. The number of piperidine rings is 1. The summed E-state index contributed by atoms with van der Waals surface area (Å²) in [6.07, 6.45) is 0.208. The van der Waals surface area contributed by atoms with Crippen molar-refractivity contribution in [2.24, 2.45) is 16.1 Å². The molecule has 0 radical (unpaired) electrons. The molecule has 1 aromatic carbocycles. The molecule has 0 saturated carbocycles. The van der Waals surface area contributed by atoms with Crippen molar-refractivity contribution in [3.63, 3.8) is 0 Å². The molecule has 1 atom stereocenters. The highest BCUT2D eigenvalue weighted by Crippen LogP contribution is 2.45. The lowest BCUT2D eigenvalue weighted by atomic mass is 9.64. The summed E-state index contributed by atoms with van der Waals surface area (Å²) in [7, 11) is 0. The van der Waals surface area contributed by atoms with Crippen molar-refractivity contribution in [1.29, 1.82) is 0 Å². The molecule has 1 unspecified atom stereocenters. The minimum Gasteiger partial charge on any atom is -0.404 e. The van der Waals surface area contributed by atoms with Gasteiger partial charge in [-0.05, 0) is 73.6 Å². The summed E-state index contributed by atoms with van der Waals surface area (Å²) in [6, 6.07) is 7.26. The number of allylic oxidation sites excluding steroid dienone is 2. The first-order valence-corrected chi connectivity index (χ1v) is 9.98. The summed E-state index contributed by atoms with van der Waals surface area (Å²) in [5, 5.41) is 3.17. The Morgan fingerprint density at radius 3 is 2.66 bits per heavy atom. The number of benzene rings is 1. The normalized spacial score (nSPS) is 23.7. The Balaban J connectivity index is 1.78. The van der Waals surface area contributed by atoms with Crippen LogP contribution >= 0.6 is 0 Å². The van der Waals surface area contributed by atoms with Crippen LogP contribution in [-0.2, 0) is 6.18 Å². The van der Waals surface area contributed by atoms with Crippen LogP contribution in [0.5, 0.6) is 0 Å². The summed E-state index contributed by atoms with van der Waals surface area (Å²) in [6.45, 7) is 0.860. The molecule has 5 nitrogen and oxygen atoms in total. The standard InChI is InChI=1S/C23H20F4N4O/c24-17-1-3-18(4-2-17)31-19-9-15-5-7-29-13-22(15,11-14(19)12-28)21(32)20-10-16(6-8-30-20)23(25,26)27/h1-4,6,8-10,12,29H,5,7,11,13,28H2/b14-12-,31-19?. The highest BCUT2D eigenvalue weighted by molar-refractivity contribution is 6.14. The van der Waals surface area contributed by atoms with Crippen LogP contribution in [0, 0.1) is 11.2 Å². The van der Waals surface area contributed by atoms with Crippen LogP contribution in [0.25, 0.3) is 0 Å². The van der Waals surface area contributed by atoms with E-state index in [4.69, 9.17) is 5.73 Å². The summed E-state index contributed by atoms with van der Waals surface area (Å²) < 4.78 is 52.8. The number of ketones is 1. The van der Waals surface area contributed by atoms with Gasteiger partial charge in [-0.25, -0.2) is 9.38 Å². The molecule has 4 rings (SSSR count). The first-order valence-electron chi connectivity index (χ1n) is 9.98. The van der Waals surface area contributed by atoms with Crippen molar-refractivity contribution in [2.75, 3.05) is 13.1 Å². The van der Waals surface area contributed by atoms with Gasteiger partial charge >= 0.3 is 6.18 Å². The number of alkyl halides is 3. The minimum absolute atomic E-state index is 0.166. The number of nitrogens with two attached hydrogens (primary N) is 1. The van der Waals surface area contributed by atoms with Gasteiger partial charge in [0.05, 0.1) is 22.4 Å². The highest BCUT2D eigenvalue weighted by atomic mass is 19.4. The fraction of sp³-hybridized carbons (Fsp3) is 0.261. The monoisotopic (exact) mass is 444 g/mol. The predicted octanol–water partition coefficient (Wildman–Crippen LogP) is 4.35. The number of nitrogens with one attached hydrogen (secondary N) is 1. The van der Waals surface area contributed by atoms with Crippen LogP contribution in [0.2, 0.25) is 0 Å². The topological polar surface area (TPSA) is 80.4 Å². The molecule has 1 saturated heterocycles. The average Bonchev–Trinajstić information content (AvgIpc) is 2.79. The molecule has 1 aliphatic carbocycles. The molecule has 2 aliphatic rings. The third kappa shape index (κ3) is 4.08. The van der Waals surface area contributed by atoms with Crippen molar-refractivity contribution in [3.8, 4) is 0 Å². The van der Waals surface area contributed by atoms with Crippen LogP contribution in [0.1, 0.15) is 28.9 Å². The number of fused-ring (bicyclic) bond motifs is 1. The molecular formula is C23H20F4N4O. The van der Waals surface area contributed by atoms with Gasteiger partial charge in [0.15, 0.2) is 5.78 Å². The fourth-order valence-electron chi connectivity index (χ4n) is 4.12. The van der Waals surface area contributed by atoms with E-state index in [1.807, 2.05) is 0 Å². The Hall–Kier alpha value is -3.33. The lowest BCUT2D eigenvalue weighted by molar-refractivity contribution is -0.137. The number of aromatic nitrogens is 1. The maximum atomic E-state index is 13.5. The number of hydrogen-bond acceptors (Lipinski definition) is 5. The molecular weight excluding hydrogens is 424 g/mol. The largest absolute Gasteiger partial charge is 0.416 e. The Bertz CT molecular complexity index is 1140. The van der Waals surface area contributed by atoms with Crippen molar-refractivity contribution in [1.82, 2.24) is 10.3 Å². The van der Waals surface area contributed by atoms with Crippen molar-refractivity contribution < 1.29 is 22.4 Å². The average molecular weight is 444 g/mol. The molecule has 166 valence electrons. The van der Waals surface area contributed by atoms with Crippen LogP contribution in [0.4, 0.5) is 23.2 Å². The van der Waals surface area contributed by atoms with Gasteiger partial charge in [0.1, 0.15) is 11.5 Å². The summed E-state index contributed by atoms with van der Waals surface area (Å²) >= 11 is 0. The minimum atomic E-state index is -4.58. The van der Waals surface area contributed by atoms with Gasteiger partial charge in [-0.3, -0.25) is 9.78 Å². The molecule has 0 spiro atoms. The third-order valence-corrected chi connectivity index (χ3v) is 5.78. The molecule has 1 aromatic heterocycles. The van der Waals surface area contributed by atoms with E-state index in [1.54, 1.807) is 6.08 Å². The molecule has 32 heavy (non-hydrogen) atoms. The number of rotatable bonds is 3. The number of pyridine rings is 1. The molecule has 0 amide bonds. The SMILES string of the molecule is N/C=C1/CC2(C(=O)c3cc(C(F)(F)F)ccn3)CNCCC2=CC1=Nc1ccc(F)cc1. The maximum Gasteiger partial charge on any atom is 0.416 e. The first kappa shape index (κ1) is 21.9. The molecule has 3 N–H and O–H groups in total. The Labute approximate surface area is 181 Å². The van der Waals surface area contributed by atoms with Gasteiger partial charge in [-0.1, -0.05) is 5.57 Å². The molecule has 0 bridgehead atoms. The molecule has 2 aromatic rings. The van der Waals surface area contributed by atoms with E-state index in [0.717, 1.165) is 23.9 Å². The number of carbonyl (C=O) groups excluding carboxylic acids is 1. The Kier molecular flexibility index (Phi) is 5.68. The van der Waals surface area contributed by atoms with Gasteiger partial charge in [0.2, 0.25) is 0 Å². The van der Waals surface area contributed by atoms with Gasteiger partial charge < -0.3 is 11.1 Å². The van der Waals surface area contributed by atoms with Gasteiger partial charge in [0.25, 0.3) is 0 Å². The number of halogens is 4. The molecule has 1 aliphatic heterocycles. The van der Waals surface area contributed by atoms with Crippen molar-refractivity contribution in [2.45, 2.75) is 19.0 Å². The van der Waals surface area contributed by atoms with Crippen LogP contribution in [-0.4, -0.2) is 29.6 Å². The lowest BCUT2D eigenvalue weighted by Crippen LogP contribution is -2.50. The summed E-state index contributed by atoms with van der Waals surface area (Å²) in [5.41, 5.74) is 5.95. The Morgan fingerprint density at radius 2 is 1.97 bits per heavy atom. The van der Waals surface area contributed by atoms with E-state index in [9.17, 15) is 22.4 Å². The number of Topliss-reactive ketones (excluding diaryl/α,β-unsaturated/α-hetero) is 1. The van der Waals surface area contributed by atoms with E-state index in [1.165, 1.54) is 30.5 Å². The number of hydrogen-bond donors (Lipinski definition) is 2. The molecule has 1 fully saturated rings. The number of nitrogens with zero attached hydrogens (tertiary/aromatic N) is 2. The smallest absolute Gasteiger partial charge is 0.404 e.